The van der Waals surface area contributed by atoms with Gasteiger partial charge in [0.15, 0.2) is 0 Å². The van der Waals surface area contributed by atoms with Crippen molar-refractivity contribution in [2.24, 2.45) is 0 Å². The second-order valence-corrected chi connectivity index (χ2v) is 8.89. The maximum absolute atomic E-state index is 13.2. The number of phenolic OH excluding ortho intramolecular Hbond substituents is 1. The summed E-state index contributed by atoms with van der Waals surface area (Å²) >= 11 is 5.87. The standard InChI is InChI=1S/C23H21ClN2O5S/c1-2-31-23(28)26(32(29,30)21-11-7-19(24)8-12-21)15-13-22(18-4-3-14-25-16-18)17-5-9-20(27)10-6-17/h3-14,16,27H,2,15H2,1H3/b22-13+. The number of amides is 1. The molecule has 0 saturated carbocycles. The van der Waals surface area contributed by atoms with Gasteiger partial charge in [-0.05, 0) is 60.5 Å². The molecule has 0 saturated heterocycles. The molecule has 0 bridgehead atoms. The molecule has 0 atom stereocenters. The molecule has 3 rings (SSSR count). The van der Waals surface area contributed by atoms with Crippen LogP contribution in [0.2, 0.25) is 5.02 Å². The highest BCUT2D eigenvalue weighted by Crippen LogP contribution is 2.26. The van der Waals surface area contributed by atoms with E-state index in [0.717, 1.165) is 0 Å². The monoisotopic (exact) mass is 472 g/mol. The first-order valence-electron chi connectivity index (χ1n) is 9.68. The summed E-state index contributed by atoms with van der Waals surface area (Å²) in [5.74, 6) is 0.0951. The zero-order valence-electron chi connectivity index (χ0n) is 17.2. The molecule has 0 aliphatic heterocycles. The van der Waals surface area contributed by atoms with Crippen LogP contribution < -0.4 is 0 Å². The molecule has 2 aromatic carbocycles. The molecule has 1 aromatic heterocycles. The van der Waals surface area contributed by atoms with Crippen molar-refractivity contribution < 1.29 is 23.1 Å². The second kappa shape index (κ2) is 10.3. The van der Waals surface area contributed by atoms with E-state index in [4.69, 9.17) is 16.3 Å². The molecule has 0 aliphatic rings. The molecule has 7 nitrogen and oxygen atoms in total. The van der Waals surface area contributed by atoms with Crippen LogP contribution in [0.3, 0.4) is 0 Å². The smallest absolute Gasteiger partial charge is 0.424 e. The van der Waals surface area contributed by atoms with Gasteiger partial charge >= 0.3 is 6.09 Å². The number of hydrogen-bond donors (Lipinski definition) is 1. The van der Waals surface area contributed by atoms with Crippen LogP contribution in [0.1, 0.15) is 18.1 Å². The number of carbonyl (C=O) groups excluding carboxylic acids is 1. The third-order valence-electron chi connectivity index (χ3n) is 4.49. The fourth-order valence-corrected chi connectivity index (χ4v) is 4.32. The van der Waals surface area contributed by atoms with Crippen molar-refractivity contribution in [1.82, 2.24) is 9.29 Å². The van der Waals surface area contributed by atoms with E-state index in [1.54, 1.807) is 43.6 Å². The number of phenols is 1. The summed E-state index contributed by atoms with van der Waals surface area (Å²) in [6.45, 7) is 1.33. The Morgan fingerprint density at radius 1 is 1.09 bits per heavy atom. The Morgan fingerprint density at radius 3 is 2.38 bits per heavy atom. The van der Waals surface area contributed by atoms with Crippen LogP contribution >= 0.6 is 11.6 Å². The lowest BCUT2D eigenvalue weighted by Crippen LogP contribution is -2.37. The number of halogens is 1. The molecule has 0 fully saturated rings. The van der Waals surface area contributed by atoms with E-state index in [2.05, 4.69) is 4.98 Å². The lowest BCUT2D eigenvalue weighted by atomic mass is 9.99. The zero-order valence-corrected chi connectivity index (χ0v) is 18.8. The normalized spacial score (nSPS) is 11.8. The van der Waals surface area contributed by atoms with Gasteiger partial charge < -0.3 is 9.84 Å². The number of aromatic hydroxyl groups is 1. The summed E-state index contributed by atoms with van der Waals surface area (Å²) in [5.41, 5.74) is 2.06. The first kappa shape index (κ1) is 23.3. The van der Waals surface area contributed by atoms with E-state index in [9.17, 15) is 18.3 Å². The average molecular weight is 473 g/mol. The summed E-state index contributed by atoms with van der Waals surface area (Å²) in [7, 11) is -4.21. The van der Waals surface area contributed by atoms with Crippen molar-refractivity contribution in [3.8, 4) is 5.75 Å². The predicted octanol–water partition coefficient (Wildman–Crippen LogP) is 4.72. The van der Waals surface area contributed by atoms with Crippen LogP contribution in [0, 0.1) is 0 Å². The highest BCUT2D eigenvalue weighted by Gasteiger charge is 2.30. The SMILES string of the molecule is CCOC(=O)N(C/C=C(\c1ccc(O)cc1)c1cccnc1)S(=O)(=O)c1ccc(Cl)cc1. The highest BCUT2D eigenvalue weighted by atomic mass is 35.5. The van der Waals surface area contributed by atoms with Crippen LogP contribution in [0.5, 0.6) is 5.75 Å². The molecule has 0 radical (unpaired) electrons. The van der Waals surface area contributed by atoms with Gasteiger partial charge in [-0.25, -0.2) is 13.2 Å². The number of pyridine rings is 1. The molecule has 3 aromatic rings. The van der Waals surface area contributed by atoms with Crippen LogP contribution in [0.4, 0.5) is 4.79 Å². The Morgan fingerprint density at radius 2 is 1.78 bits per heavy atom. The molecular weight excluding hydrogens is 452 g/mol. The number of ether oxygens (including phenoxy) is 1. The predicted molar refractivity (Wildman–Crippen MR) is 122 cm³/mol. The van der Waals surface area contributed by atoms with Crippen LogP contribution in [-0.4, -0.2) is 42.1 Å². The number of nitrogens with zero attached hydrogens (tertiary/aromatic N) is 2. The van der Waals surface area contributed by atoms with E-state index in [1.165, 1.54) is 36.4 Å². The third kappa shape index (κ3) is 5.46. The van der Waals surface area contributed by atoms with Gasteiger partial charge in [-0.15, -0.1) is 0 Å². The minimum atomic E-state index is -4.21. The average Bonchev–Trinajstić information content (AvgIpc) is 2.78. The van der Waals surface area contributed by atoms with Crippen LogP contribution in [-0.2, 0) is 14.8 Å². The summed E-state index contributed by atoms with van der Waals surface area (Å²) in [6.07, 6.45) is 3.86. The summed E-state index contributed by atoms with van der Waals surface area (Å²) in [5, 5.41) is 9.99. The Bertz CT molecular complexity index is 1200. The van der Waals surface area contributed by atoms with Crippen molar-refractivity contribution in [1.29, 1.82) is 0 Å². The molecule has 1 amide bonds. The largest absolute Gasteiger partial charge is 0.508 e. The molecule has 0 aliphatic carbocycles. The Hall–Kier alpha value is -3.36. The fourth-order valence-electron chi connectivity index (χ4n) is 2.94. The van der Waals surface area contributed by atoms with Gasteiger partial charge in [0.05, 0.1) is 18.0 Å². The molecular formula is C23H21ClN2O5S. The first-order chi connectivity index (χ1) is 15.3. The highest BCUT2D eigenvalue weighted by molar-refractivity contribution is 7.89. The lowest BCUT2D eigenvalue weighted by Gasteiger charge is -2.21. The van der Waals surface area contributed by atoms with E-state index >= 15 is 0 Å². The quantitative estimate of drug-likeness (QED) is 0.534. The fraction of sp³-hybridized carbons (Fsp3) is 0.130. The number of sulfonamides is 1. The van der Waals surface area contributed by atoms with E-state index < -0.39 is 16.1 Å². The molecule has 9 heteroatoms. The van der Waals surface area contributed by atoms with Gasteiger partial charge in [0, 0.05) is 23.0 Å². The molecule has 166 valence electrons. The minimum absolute atomic E-state index is 0.0165. The van der Waals surface area contributed by atoms with Crippen molar-refractivity contribution >= 4 is 33.3 Å². The second-order valence-electron chi connectivity index (χ2n) is 6.60. The van der Waals surface area contributed by atoms with Crippen LogP contribution in [0.25, 0.3) is 5.57 Å². The van der Waals surface area contributed by atoms with Crippen LogP contribution in [0.15, 0.2) is 84.0 Å². The van der Waals surface area contributed by atoms with Crippen molar-refractivity contribution in [3.63, 3.8) is 0 Å². The molecule has 0 unspecified atom stereocenters. The van der Waals surface area contributed by atoms with Gasteiger partial charge in [0.25, 0.3) is 10.0 Å². The minimum Gasteiger partial charge on any atom is -0.508 e. The molecule has 1 N–H and O–H groups in total. The lowest BCUT2D eigenvalue weighted by molar-refractivity contribution is 0.133. The Balaban J connectivity index is 2.05. The van der Waals surface area contributed by atoms with Gasteiger partial charge in [-0.3, -0.25) is 4.98 Å². The first-order valence-corrected chi connectivity index (χ1v) is 11.5. The molecule has 32 heavy (non-hydrogen) atoms. The number of benzene rings is 2. The third-order valence-corrected chi connectivity index (χ3v) is 6.48. The summed E-state index contributed by atoms with van der Waals surface area (Å²) in [6, 6.07) is 15.5. The van der Waals surface area contributed by atoms with Crippen molar-refractivity contribution in [2.75, 3.05) is 13.2 Å². The number of carbonyl (C=O) groups is 1. The molecule has 1 heterocycles. The van der Waals surface area contributed by atoms with Gasteiger partial charge in [-0.2, -0.15) is 4.31 Å². The Kier molecular flexibility index (Phi) is 7.50. The molecule has 0 spiro atoms. The summed E-state index contributed by atoms with van der Waals surface area (Å²) < 4.78 is 32.1. The Labute approximate surface area is 191 Å². The van der Waals surface area contributed by atoms with E-state index in [-0.39, 0.29) is 23.8 Å². The zero-order chi connectivity index (χ0) is 23.1. The van der Waals surface area contributed by atoms with Gasteiger partial charge in [0.2, 0.25) is 0 Å². The number of rotatable bonds is 7. The summed E-state index contributed by atoms with van der Waals surface area (Å²) in [4.78, 5) is 16.6. The van der Waals surface area contributed by atoms with Crippen molar-refractivity contribution in [2.45, 2.75) is 11.8 Å². The van der Waals surface area contributed by atoms with Gasteiger partial charge in [-0.1, -0.05) is 35.9 Å². The maximum Gasteiger partial charge on any atom is 0.424 e. The topological polar surface area (TPSA) is 96.8 Å². The van der Waals surface area contributed by atoms with E-state index in [1.807, 2.05) is 6.07 Å². The van der Waals surface area contributed by atoms with Gasteiger partial charge in [0.1, 0.15) is 5.75 Å². The number of hydrogen-bond acceptors (Lipinski definition) is 6. The van der Waals surface area contributed by atoms with E-state index in [0.29, 0.717) is 26.0 Å². The van der Waals surface area contributed by atoms with Crippen molar-refractivity contribution in [3.05, 3.63) is 95.3 Å². The number of aromatic nitrogens is 1. The maximum atomic E-state index is 13.2.